The fraction of sp³-hybridized carbons (Fsp3) is 0.591. The molecular weight excluding hydrogens is 328 g/mol. The molecule has 1 unspecified atom stereocenters. The molecule has 4 nitrogen and oxygen atoms in total. The van der Waals surface area contributed by atoms with Crippen molar-refractivity contribution in [1.82, 2.24) is 0 Å². The van der Waals surface area contributed by atoms with E-state index in [0.29, 0.717) is 6.42 Å². The Kier molecular flexibility index (Phi) is 12.1. The summed E-state index contributed by atoms with van der Waals surface area (Å²) in [7, 11) is 0. The van der Waals surface area contributed by atoms with Crippen molar-refractivity contribution in [2.75, 3.05) is 6.61 Å². The first-order valence-electron chi connectivity index (χ1n) is 9.83. The zero-order valence-corrected chi connectivity index (χ0v) is 16.0. The number of unbranched alkanes of at least 4 members (excludes halogenated alkanes) is 5. The fourth-order valence-corrected chi connectivity index (χ4v) is 2.81. The number of allylic oxidation sites excluding steroid dienone is 6. The molecule has 1 aliphatic rings. The van der Waals surface area contributed by atoms with Crippen LogP contribution in [0.1, 0.15) is 71.1 Å². The van der Waals surface area contributed by atoms with Crippen molar-refractivity contribution in [2.24, 2.45) is 5.92 Å². The number of Topliss-reactive ketones (excluding diaryl/α,β-unsaturated/α-hetero) is 2. The van der Waals surface area contributed by atoms with Gasteiger partial charge in [-0.1, -0.05) is 62.6 Å². The van der Waals surface area contributed by atoms with Gasteiger partial charge in [0.25, 0.3) is 0 Å². The Morgan fingerprint density at radius 1 is 0.923 bits per heavy atom. The molecule has 0 bridgehead atoms. The van der Waals surface area contributed by atoms with Crippen LogP contribution >= 0.6 is 0 Å². The van der Waals surface area contributed by atoms with Crippen molar-refractivity contribution < 1.29 is 19.1 Å². The van der Waals surface area contributed by atoms with E-state index in [4.69, 9.17) is 0 Å². The van der Waals surface area contributed by atoms with Crippen LogP contribution < -0.4 is 0 Å². The molecule has 0 saturated carbocycles. The Morgan fingerprint density at radius 2 is 1.54 bits per heavy atom. The first kappa shape index (κ1) is 22.1. The first-order valence-corrected chi connectivity index (χ1v) is 9.83. The van der Waals surface area contributed by atoms with Crippen molar-refractivity contribution in [3.63, 3.8) is 0 Å². The summed E-state index contributed by atoms with van der Waals surface area (Å²) in [5, 5.41) is 0. The molecule has 1 heterocycles. The van der Waals surface area contributed by atoms with Crippen molar-refractivity contribution >= 4 is 17.5 Å². The summed E-state index contributed by atoms with van der Waals surface area (Å²) in [5.74, 6) is -2.48. The quantitative estimate of drug-likeness (QED) is 0.192. The zero-order chi connectivity index (χ0) is 19.0. The lowest BCUT2D eigenvalue weighted by atomic mass is 9.96. The van der Waals surface area contributed by atoms with E-state index in [1.54, 1.807) is 0 Å². The molecular formula is C22H32O4. The molecule has 1 saturated heterocycles. The van der Waals surface area contributed by atoms with E-state index in [1.807, 2.05) is 0 Å². The number of rotatable bonds is 14. The average molecular weight is 360 g/mol. The number of cyclic esters (lactones) is 1. The SMILES string of the molecule is CCC=CCC=CCC=CCCCCCCCC(=O)C1C(=O)COC1=O. The Morgan fingerprint density at radius 3 is 2.19 bits per heavy atom. The van der Waals surface area contributed by atoms with Gasteiger partial charge in [-0.3, -0.25) is 14.4 Å². The van der Waals surface area contributed by atoms with E-state index in [0.717, 1.165) is 57.8 Å². The van der Waals surface area contributed by atoms with Gasteiger partial charge in [0.1, 0.15) is 0 Å². The van der Waals surface area contributed by atoms with Crippen LogP contribution in [0.2, 0.25) is 0 Å². The summed E-state index contributed by atoms with van der Waals surface area (Å²) in [6.07, 6.45) is 22.7. The minimum Gasteiger partial charge on any atom is -0.457 e. The molecule has 1 fully saturated rings. The highest BCUT2D eigenvalue weighted by atomic mass is 16.5. The van der Waals surface area contributed by atoms with Gasteiger partial charge in [-0.2, -0.15) is 0 Å². The molecule has 0 N–H and O–H groups in total. The minimum absolute atomic E-state index is 0.242. The second kappa shape index (κ2) is 14.2. The van der Waals surface area contributed by atoms with E-state index < -0.39 is 11.9 Å². The second-order valence-corrected chi connectivity index (χ2v) is 6.57. The monoisotopic (exact) mass is 360 g/mol. The van der Waals surface area contributed by atoms with Crippen LogP contribution in [0.5, 0.6) is 0 Å². The van der Waals surface area contributed by atoms with E-state index in [2.05, 4.69) is 48.1 Å². The van der Waals surface area contributed by atoms with Gasteiger partial charge >= 0.3 is 5.97 Å². The van der Waals surface area contributed by atoms with E-state index in [-0.39, 0.29) is 18.2 Å². The smallest absolute Gasteiger partial charge is 0.324 e. The number of ketones is 2. The number of hydrogen-bond acceptors (Lipinski definition) is 4. The van der Waals surface area contributed by atoms with Crippen LogP contribution in [0, 0.1) is 5.92 Å². The van der Waals surface area contributed by atoms with Crippen LogP contribution in [0.3, 0.4) is 0 Å². The number of carbonyl (C=O) groups excluding carboxylic acids is 3. The predicted molar refractivity (Wildman–Crippen MR) is 104 cm³/mol. The van der Waals surface area contributed by atoms with Crippen LogP contribution in [-0.4, -0.2) is 24.1 Å². The molecule has 4 heteroatoms. The number of ether oxygens (including phenoxy) is 1. The van der Waals surface area contributed by atoms with E-state index in [9.17, 15) is 14.4 Å². The molecule has 0 aliphatic carbocycles. The normalized spacial score (nSPS) is 17.8. The van der Waals surface area contributed by atoms with Gasteiger partial charge in [-0.25, -0.2) is 0 Å². The molecule has 0 amide bonds. The fourth-order valence-electron chi connectivity index (χ4n) is 2.81. The Bertz CT molecular complexity index is 512. The van der Waals surface area contributed by atoms with E-state index in [1.165, 1.54) is 0 Å². The maximum Gasteiger partial charge on any atom is 0.324 e. The van der Waals surface area contributed by atoms with Crippen LogP contribution in [0.15, 0.2) is 36.5 Å². The molecule has 26 heavy (non-hydrogen) atoms. The highest BCUT2D eigenvalue weighted by molar-refractivity contribution is 6.20. The zero-order valence-electron chi connectivity index (χ0n) is 16.0. The number of hydrogen-bond donors (Lipinski definition) is 0. The maximum atomic E-state index is 11.9. The third-order valence-electron chi connectivity index (χ3n) is 4.31. The third kappa shape index (κ3) is 9.50. The average Bonchev–Trinajstić information content (AvgIpc) is 2.96. The Hall–Kier alpha value is -1.97. The largest absolute Gasteiger partial charge is 0.457 e. The summed E-state index contributed by atoms with van der Waals surface area (Å²) < 4.78 is 4.60. The number of carbonyl (C=O) groups is 3. The van der Waals surface area contributed by atoms with Crippen LogP contribution in [0.25, 0.3) is 0 Å². The van der Waals surface area contributed by atoms with Crippen molar-refractivity contribution in [3.8, 4) is 0 Å². The summed E-state index contributed by atoms with van der Waals surface area (Å²) in [6, 6.07) is 0. The molecule has 0 radical (unpaired) electrons. The van der Waals surface area contributed by atoms with Gasteiger partial charge in [0.2, 0.25) is 0 Å². The lowest BCUT2D eigenvalue weighted by Gasteiger charge is -2.03. The highest BCUT2D eigenvalue weighted by Gasteiger charge is 2.40. The van der Waals surface area contributed by atoms with Gasteiger partial charge in [0.15, 0.2) is 24.1 Å². The molecule has 1 aliphatic heterocycles. The summed E-state index contributed by atoms with van der Waals surface area (Å²) in [5.41, 5.74) is 0. The topological polar surface area (TPSA) is 60.4 Å². The molecule has 0 aromatic carbocycles. The second-order valence-electron chi connectivity index (χ2n) is 6.57. The lowest BCUT2D eigenvalue weighted by molar-refractivity contribution is -0.144. The highest BCUT2D eigenvalue weighted by Crippen LogP contribution is 2.16. The third-order valence-corrected chi connectivity index (χ3v) is 4.31. The molecule has 1 atom stereocenters. The van der Waals surface area contributed by atoms with Gasteiger partial charge in [-0.05, 0) is 38.5 Å². The molecule has 1 rings (SSSR count). The molecule has 0 aromatic heterocycles. The van der Waals surface area contributed by atoms with Crippen LogP contribution in [-0.2, 0) is 19.1 Å². The Labute approximate surface area is 157 Å². The Balaban J connectivity index is 1.94. The van der Waals surface area contributed by atoms with Gasteiger partial charge in [0, 0.05) is 6.42 Å². The molecule has 0 aromatic rings. The van der Waals surface area contributed by atoms with Crippen molar-refractivity contribution in [3.05, 3.63) is 36.5 Å². The van der Waals surface area contributed by atoms with Gasteiger partial charge < -0.3 is 4.74 Å². The molecule has 0 spiro atoms. The minimum atomic E-state index is -1.14. The summed E-state index contributed by atoms with van der Waals surface area (Å²) in [4.78, 5) is 34.6. The first-order chi connectivity index (χ1) is 12.7. The van der Waals surface area contributed by atoms with Crippen molar-refractivity contribution in [2.45, 2.75) is 71.1 Å². The predicted octanol–water partition coefficient (Wildman–Crippen LogP) is 4.89. The maximum absolute atomic E-state index is 11.9. The standard InChI is InChI=1S/C22H32O4/c1-2-3-4-5-6-7-8-9-10-11-12-13-14-15-16-17-19(23)21-20(24)18-26-22(21)25/h3-4,6-7,9-10,21H,2,5,8,11-18H2,1H3. The van der Waals surface area contributed by atoms with Crippen molar-refractivity contribution in [1.29, 1.82) is 0 Å². The molecule has 144 valence electrons. The van der Waals surface area contributed by atoms with Gasteiger partial charge in [0.05, 0.1) is 0 Å². The van der Waals surface area contributed by atoms with Gasteiger partial charge in [-0.15, -0.1) is 0 Å². The summed E-state index contributed by atoms with van der Waals surface area (Å²) in [6.45, 7) is 1.90. The van der Waals surface area contributed by atoms with E-state index >= 15 is 0 Å². The lowest BCUT2D eigenvalue weighted by Crippen LogP contribution is -2.25. The summed E-state index contributed by atoms with van der Waals surface area (Å²) >= 11 is 0. The number of esters is 1. The van der Waals surface area contributed by atoms with Crippen LogP contribution in [0.4, 0.5) is 0 Å².